The molecule has 0 fully saturated rings. The molecule has 0 aromatic heterocycles. The van der Waals surface area contributed by atoms with E-state index in [9.17, 15) is 0 Å². The van der Waals surface area contributed by atoms with Gasteiger partial charge in [-0.3, -0.25) is 10.3 Å². The Morgan fingerprint density at radius 3 is 3.00 bits per heavy atom. The fraction of sp³-hybridized carbons (Fsp3) is 0.100. The van der Waals surface area contributed by atoms with Gasteiger partial charge in [0.2, 0.25) is 0 Å². The number of nitriles is 1. The van der Waals surface area contributed by atoms with E-state index in [0.29, 0.717) is 16.3 Å². The Bertz CT molecular complexity index is 404. The molecule has 14 heavy (non-hydrogen) atoms. The van der Waals surface area contributed by atoms with E-state index in [4.69, 9.17) is 28.1 Å². The molecule has 70 valence electrons. The molecule has 1 aromatic carbocycles. The Hall–Kier alpha value is -1.68. The van der Waals surface area contributed by atoms with Crippen LogP contribution in [0.1, 0.15) is 5.56 Å². The van der Waals surface area contributed by atoms with E-state index in [1.807, 2.05) is 6.07 Å². The Labute approximate surface area is 87.2 Å². The molecule has 4 heteroatoms. The van der Waals surface area contributed by atoms with E-state index >= 15 is 0 Å². The van der Waals surface area contributed by atoms with Crippen LogP contribution < -0.4 is 5.48 Å². The van der Waals surface area contributed by atoms with Crippen molar-refractivity contribution in [3.63, 3.8) is 0 Å². The summed E-state index contributed by atoms with van der Waals surface area (Å²) in [7, 11) is 0. The van der Waals surface area contributed by atoms with Crippen molar-refractivity contribution in [1.29, 1.82) is 5.26 Å². The van der Waals surface area contributed by atoms with Gasteiger partial charge >= 0.3 is 0 Å². The number of terminal acetylenes is 1. The quantitative estimate of drug-likeness (QED) is 0.469. The van der Waals surface area contributed by atoms with Gasteiger partial charge in [-0.25, -0.2) is 0 Å². The zero-order valence-corrected chi connectivity index (χ0v) is 8.01. The predicted molar refractivity (Wildman–Crippen MR) is 54.6 cm³/mol. The Morgan fingerprint density at radius 1 is 1.57 bits per heavy atom. The predicted octanol–water partition coefficient (Wildman–Crippen LogP) is 2.19. The summed E-state index contributed by atoms with van der Waals surface area (Å²) in [5.41, 5.74) is 3.52. The molecule has 0 aliphatic carbocycles. The molecule has 0 unspecified atom stereocenters. The average Bonchev–Trinajstić information content (AvgIpc) is 2.19. The van der Waals surface area contributed by atoms with Gasteiger partial charge in [-0.15, -0.1) is 6.42 Å². The fourth-order valence-corrected chi connectivity index (χ4v) is 1.03. The van der Waals surface area contributed by atoms with E-state index in [1.165, 1.54) is 0 Å². The highest BCUT2D eigenvalue weighted by atomic mass is 35.5. The molecule has 1 aromatic rings. The van der Waals surface area contributed by atoms with E-state index < -0.39 is 0 Å². The number of hydrogen-bond donors (Lipinski definition) is 1. The van der Waals surface area contributed by atoms with Gasteiger partial charge in [-0.2, -0.15) is 5.26 Å². The number of nitrogens with zero attached hydrogens (tertiary/aromatic N) is 1. The molecular formula is C10H7ClN2O. The van der Waals surface area contributed by atoms with E-state index in [-0.39, 0.29) is 6.61 Å². The number of halogens is 1. The lowest BCUT2D eigenvalue weighted by molar-refractivity contribution is 0.234. The molecule has 0 aliphatic heterocycles. The van der Waals surface area contributed by atoms with Crippen molar-refractivity contribution in [3.05, 3.63) is 28.8 Å². The summed E-state index contributed by atoms with van der Waals surface area (Å²) in [6.45, 7) is 0.122. The lowest BCUT2D eigenvalue weighted by Gasteiger charge is -2.06. The third kappa shape index (κ3) is 2.67. The fourth-order valence-electron chi connectivity index (χ4n) is 0.854. The second kappa shape index (κ2) is 5.14. The molecule has 0 aliphatic rings. The normalized spacial score (nSPS) is 8.79. The van der Waals surface area contributed by atoms with Crippen molar-refractivity contribution >= 4 is 17.3 Å². The van der Waals surface area contributed by atoms with Gasteiger partial charge in [-0.05, 0) is 18.2 Å². The van der Waals surface area contributed by atoms with Crippen LogP contribution in [0.3, 0.4) is 0 Å². The molecular weight excluding hydrogens is 200 g/mol. The van der Waals surface area contributed by atoms with E-state index in [0.717, 1.165) is 0 Å². The van der Waals surface area contributed by atoms with Crippen molar-refractivity contribution in [2.24, 2.45) is 0 Å². The minimum absolute atomic E-state index is 0.122. The van der Waals surface area contributed by atoms with Gasteiger partial charge in [0.1, 0.15) is 12.7 Å². The summed E-state index contributed by atoms with van der Waals surface area (Å²) in [5, 5.41) is 9.26. The van der Waals surface area contributed by atoms with E-state index in [2.05, 4.69) is 11.4 Å². The van der Waals surface area contributed by atoms with Crippen molar-refractivity contribution in [1.82, 2.24) is 0 Å². The molecule has 1 rings (SSSR count). The summed E-state index contributed by atoms with van der Waals surface area (Å²) >= 11 is 5.74. The maximum Gasteiger partial charge on any atom is 0.135 e. The van der Waals surface area contributed by atoms with Gasteiger partial charge < -0.3 is 0 Å². The van der Waals surface area contributed by atoms with Crippen LogP contribution >= 0.6 is 11.6 Å². The van der Waals surface area contributed by atoms with Crippen LogP contribution in [-0.2, 0) is 4.84 Å². The topological polar surface area (TPSA) is 45.0 Å². The molecule has 0 bridgehead atoms. The number of benzene rings is 1. The largest absolute Gasteiger partial charge is 0.265 e. The van der Waals surface area contributed by atoms with Gasteiger partial charge in [-0.1, -0.05) is 17.5 Å². The standard InChI is InChI=1S/C10H7ClN2O/c1-2-5-14-13-10-6-9(11)4-3-8(10)7-12/h1,3-4,6,13H,5H2. The highest BCUT2D eigenvalue weighted by Gasteiger charge is 2.01. The van der Waals surface area contributed by atoms with Crippen LogP contribution in [0.4, 0.5) is 5.69 Å². The second-order valence-electron chi connectivity index (χ2n) is 2.40. The Balaban J connectivity index is 2.80. The second-order valence-corrected chi connectivity index (χ2v) is 2.83. The summed E-state index contributed by atoms with van der Waals surface area (Å²) in [5.74, 6) is 2.29. The van der Waals surface area contributed by atoms with Crippen LogP contribution in [0.5, 0.6) is 0 Å². The summed E-state index contributed by atoms with van der Waals surface area (Å²) in [6, 6.07) is 6.82. The number of nitrogens with one attached hydrogen (secondary N) is 1. The molecule has 0 amide bonds. The van der Waals surface area contributed by atoms with Crippen molar-refractivity contribution in [2.45, 2.75) is 0 Å². The van der Waals surface area contributed by atoms with E-state index in [1.54, 1.807) is 18.2 Å². The van der Waals surface area contributed by atoms with Gasteiger partial charge in [0.15, 0.2) is 0 Å². The van der Waals surface area contributed by atoms with Gasteiger partial charge in [0.05, 0.1) is 11.3 Å². The molecule has 0 saturated heterocycles. The van der Waals surface area contributed by atoms with Gasteiger partial charge in [0, 0.05) is 5.02 Å². The first-order valence-corrected chi connectivity index (χ1v) is 4.16. The zero-order valence-electron chi connectivity index (χ0n) is 7.25. The molecule has 3 nitrogen and oxygen atoms in total. The first-order valence-electron chi connectivity index (χ1n) is 3.79. The molecule has 0 heterocycles. The van der Waals surface area contributed by atoms with Crippen molar-refractivity contribution in [2.75, 3.05) is 12.1 Å². The van der Waals surface area contributed by atoms with Crippen LogP contribution in [-0.4, -0.2) is 6.61 Å². The number of rotatable bonds is 3. The summed E-state index contributed by atoms with van der Waals surface area (Å²) < 4.78 is 0. The first kappa shape index (κ1) is 10.4. The smallest absolute Gasteiger partial charge is 0.135 e. The first-order chi connectivity index (χ1) is 6.77. The molecule has 0 saturated carbocycles. The average molecular weight is 207 g/mol. The highest BCUT2D eigenvalue weighted by molar-refractivity contribution is 6.30. The zero-order chi connectivity index (χ0) is 10.4. The van der Waals surface area contributed by atoms with Crippen LogP contribution in [0, 0.1) is 23.7 Å². The molecule has 0 radical (unpaired) electrons. The maximum absolute atomic E-state index is 8.74. The van der Waals surface area contributed by atoms with Crippen LogP contribution in [0.2, 0.25) is 5.02 Å². The molecule has 0 atom stereocenters. The number of hydrogen-bond acceptors (Lipinski definition) is 3. The SMILES string of the molecule is C#CCONc1cc(Cl)ccc1C#N. The van der Waals surface area contributed by atoms with Crippen LogP contribution in [0.25, 0.3) is 0 Å². The highest BCUT2D eigenvalue weighted by Crippen LogP contribution is 2.20. The molecule has 1 N–H and O–H groups in total. The summed E-state index contributed by atoms with van der Waals surface area (Å²) in [4.78, 5) is 4.87. The Kier molecular flexibility index (Phi) is 3.82. The monoisotopic (exact) mass is 206 g/mol. The third-order valence-electron chi connectivity index (χ3n) is 1.44. The lowest BCUT2D eigenvalue weighted by atomic mass is 10.2. The lowest BCUT2D eigenvalue weighted by Crippen LogP contribution is -2.02. The van der Waals surface area contributed by atoms with Gasteiger partial charge in [0.25, 0.3) is 0 Å². The number of anilines is 1. The maximum atomic E-state index is 8.74. The van der Waals surface area contributed by atoms with Crippen molar-refractivity contribution < 1.29 is 4.84 Å². The minimum atomic E-state index is 0.122. The molecule has 0 spiro atoms. The Morgan fingerprint density at radius 2 is 2.36 bits per heavy atom. The van der Waals surface area contributed by atoms with Crippen molar-refractivity contribution in [3.8, 4) is 18.4 Å². The third-order valence-corrected chi connectivity index (χ3v) is 1.67. The van der Waals surface area contributed by atoms with Crippen LogP contribution in [0.15, 0.2) is 18.2 Å². The minimum Gasteiger partial charge on any atom is -0.265 e. The summed E-state index contributed by atoms with van der Waals surface area (Å²) in [6.07, 6.45) is 4.99.